The fourth-order valence-electron chi connectivity index (χ4n) is 4.71. The van der Waals surface area contributed by atoms with E-state index in [2.05, 4.69) is 31.0 Å². The number of rotatable bonds is 8. The number of benzene rings is 4. The summed E-state index contributed by atoms with van der Waals surface area (Å²) < 4.78 is 38.5. The monoisotopic (exact) mass is 912 g/mol. The lowest BCUT2D eigenvalue weighted by atomic mass is 10.1. The molecule has 22 heteroatoms. The number of fused-ring (bicyclic) bond motifs is 1. The van der Waals surface area contributed by atoms with Crippen LogP contribution in [0, 0.1) is 27.2 Å². The lowest BCUT2D eigenvalue weighted by Gasteiger charge is -2.11. The zero-order valence-corrected chi connectivity index (χ0v) is 35.7. The number of pyridine rings is 1. The zero-order valence-electron chi connectivity index (χ0n) is 31.7. The molecule has 0 unspecified atom stereocenters. The Morgan fingerprint density at radius 3 is 1.95 bits per heavy atom. The van der Waals surface area contributed by atoms with Gasteiger partial charge in [-0.05, 0) is 98.5 Å². The highest BCUT2D eigenvalue weighted by Crippen LogP contribution is 2.32. The second kappa shape index (κ2) is 23.5. The van der Waals surface area contributed by atoms with E-state index in [0.717, 1.165) is 37.9 Å². The minimum absolute atomic E-state index is 0. The Bertz CT molecular complexity index is 2380. The maximum atomic E-state index is 12.8. The van der Waals surface area contributed by atoms with Crippen molar-refractivity contribution in [3.8, 4) is 11.4 Å². The predicted molar refractivity (Wildman–Crippen MR) is 233 cm³/mol. The van der Waals surface area contributed by atoms with Gasteiger partial charge in [0.1, 0.15) is 17.2 Å². The number of carbonyl (C=O) groups excluding carboxylic acids is 1. The highest BCUT2D eigenvalue weighted by atomic mass is 35.5. The minimum atomic E-state index is -4.58. The van der Waals surface area contributed by atoms with Crippen molar-refractivity contribution in [1.29, 1.82) is 0 Å². The van der Waals surface area contributed by atoms with Gasteiger partial charge in [-0.15, -0.1) is 47.7 Å². The van der Waals surface area contributed by atoms with Gasteiger partial charge in [0.05, 0.1) is 44.3 Å². The summed E-state index contributed by atoms with van der Waals surface area (Å²) in [5.74, 6) is 4.30. The first-order valence-corrected chi connectivity index (χ1v) is 20.3. The van der Waals surface area contributed by atoms with Crippen LogP contribution < -0.4 is 16.9 Å². The molecule has 14 nitrogen and oxygen atoms in total. The van der Waals surface area contributed by atoms with Gasteiger partial charge in [0.15, 0.2) is 0 Å². The Kier molecular flexibility index (Phi) is 19.9. The Labute approximate surface area is 360 Å². The number of nitrogens with two attached hydrogens (primary N) is 2. The molecule has 0 fully saturated rings. The van der Waals surface area contributed by atoms with Crippen LogP contribution in [-0.4, -0.2) is 56.6 Å². The summed E-state index contributed by atoms with van der Waals surface area (Å²) in [4.78, 5) is 50.4. The number of carbonyl (C=O) groups is 1. The number of aryl methyl sites for hydroxylation is 1. The largest absolute Gasteiger partial charge is 0.433 e. The fourth-order valence-corrected chi connectivity index (χ4v) is 6.22. The van der Waals surface area contributed by atoms with Crippen LogP contribution in [0.25, 0.3) is 22.4 Å². The molecule has 0 spiro atoms. The first-order valence-electron chi connectivity index (χ1n) is 16.2. The number of hydrogen-bond donors (Lipinski definition) is 4. The molecule has 6 N–H and O–H groups in total. The summed E-state index contributed by atoms with van der Waals surface area (Å²) >= 11 is 11.0. The second-order valence-electron chi connectivity index (χ2n) is 11.3. The molecule has 0 saturated carbocycles. The number of thioether (sulfide) groups is 3. The van der Waals surface area contributed by atoms with Gasteiger partial charge in [0.2, 0.25) is 0 Å². The number of nitrogens with one attached hydrogen (secondary N) is 2. The molecule has 0 aliphatic rings. The van der Waals surface area contributed by atoms with E-state index in [1.807, 2.05) is 37.0 Å². The topological polar surface area (TPSA) is 218 Å². The van der Waals surface area contributed by atoms with Gasteiger partial charge in [-0.3, -0.25) is 25.0 Å². The number of imidazole rings is 1. The highest BCUT2D eigenvalue weighted by molar-refractivity contribution is 7.99. The standard InChI is InChI=1S/C22H16ClF3N4OS.C7H8N2O2S.C7H7NO2S.CH5NO.ClH/c1-11-14(5-8-19(27-11)22(24,25)26)21(31)28-12-3-6-16(23)15(9-12)20-29-17-7-4-13(32-2)10-18(17)30-20;1-12-5-2-3-7(9(10)11)6(8)4-5;1-11-7-4-2-6(3-5-7)8(9)10;1-3-2;/h3-10H,1-2H3,(H,28,31)(H,29,30);2-4H,8H2,1H3;2-5H,1H3;2H2,1H3;1H. The van der Waals surface area contributed by atoms with Crippen molar-refractivity contribution in [3.05, 3.63) is 133 Å². The first kappa shape index (κ1) is 50.1. The third-order valence-corrected chi connectivity index (χ3v) is 10.0. The molecule has 0 aliphatic carbocycles. The SMILES string of the molecule is CON.CSc1ccc([N+](=O)[O-])c(N)c1.CSc1ccc([N+](=O)[O-])cc1.CSc1ccc2nc(-c3cc(NC(=O)c4ccc(C(F)(F)F)nc4C)ccc3Cl)[nH]c2c1.Cl. The lowest BCUT2D eigenvalue weighted by molar-refractivity contribution is -0.384. The molecule has 0 atom stereocenters. The number of alkyl halides is 3. The third-order valence-electron chi connectivity index (χ3n) is 7.50. The predicted octanol–water partition coefficient (Wildman–Crippen LogP) is 10.7. The summed E-state index contributed by atoms with van der Waals surface area (Å²) in [6, 6.07) is 23.8. The summed E-state index contributed by atoms with van der Waals surface area (Å²) in [7, 11) is 1.40. The van der Waals surface area contributed by atoms with Gasteiger partial charge in [-0.25, -0.2) is 15.9 Å². The van der Waals surface area contributed by atoms with E-state index in [1.165, 1.54) is 44.0 Å². The van der Waals surface area contributed by atoms with E-state index in [-0.39, 0.29) is 40.7 Å². The number of aromatic amines is 1. The Hall–Kier alpha value is -5.09. The van der Waals surface area contributed by atoms with E-state index in [9.17, 15) is 38.2 Å². The molecular formula is C37H37Cl2F3N8O6S3. The normalized spacial score (nSPS) is 10.4. The van der Waals surface area contributed by atoms with Crippen molar-refractivity contribution in [2.75, 3.05) is 36.9 Å². The van der Waals surface area contributed by atoms with Crippen LogP contribution in [-0.2, 0) is 11.0 Å². The van der Waals surface area contributed by atoms with E-state index in [1.54, 1.807) is 66.0 Å². The Morgan fingerprint density at radius 1 is 0.847 bits per heavy atom. The van der Waals surface area contributed by atoms with Crippen molar-refractivity contribution < 1.29 is 32.6 Å². The lowest BCUT2D eigenvalue weighted by Crippen LogP contribution is -2.16. The van der Waals surface area contributed by atoms with E-state index < -0.39 is 27.6 Å². The van der Waals surface area contributed by atoms with E-state index in [0.29, 0.717) is 22.1 Å². The number of halogens is 5. The van der Waals surface area contributed by atoms with Crippen molar-refractivity contribution in [2.24, 2.45) is 5.90 Å². The Balaban J connectivity index is 0.000000363. The van der Waals surface area contributed by atoms with Gasteiger partial charge < -0.3 is 20.9 Å². The molecule has 6 aromatic rings. The molecule has 314 valence electrons. The number of nitro groups is 2. The summed E-state index contributed by atoms with van der Waals surface area (Å²) in [5.41, 5.74) is 7.36. The smallest absolute Gasteiger partial charge is 0.393 e. The zero-order chi connectivity index (χ0) is 43.2. The van der Waals surface area contributed by atoms with Gasteiger partial charge >= 0.3 is 6.18 Å². The number of non-ortho nitro benzene ring substituents is 1. The van der Waals surface area contributed by atoms with Crippen LogP contribution in [0.3, 0.4) is 0 Å². The second-order valence-corrected chi connectivity index (χ2v) is 14.4. The van der Waals surface area contributed by atoms with Crippen LogP contribution in [0.4, 0.5) is 35.9 Å². The number of hydrogen-bond acceptors (Lipinski definition) is 13. The number of H-pyrrole nitrogens is 1. The molecular weight excluding hydrogens is 877 g/mol. The van der Waals surface area contributed by atoms with Gasteiger partial charge in [-0.2, -0.15) is 13.2 Å². The van der Waals surface area contributed by atoms with E-state index >= 15 is 0 Å². The van der Waals surface area contributed by atoms with Crippen LogP contribution in [0.1, 0.15) is 21.7 Å². The summed E-state index contributed by atoms with van der Waals surface area (Å²) in [6.45, 7) is 1.36. The average Bonchev–Trinajstić information content (AvgIpc) is 3.62. The molecule has 0 saturated heterocycles. The maximum Gasteiger partial charge on any atom is 0.433 e. The molecule has 2 aromatic heterocycles. The Morgan fingerprint density at radius 2 is 1.42 bits per heavy atom. The first-order chi connectivity index (χ1) is 27.4. The number of amides is 1. The van der Waals surface area contributed by atoms with Gasteiger partial charge in [-0.1, -0.05) is 11.6 Å². The van der Waals surface area contributed by atoms with Crippen LogP contribution >= 0.6 is 59.3 Å². The van der Waals surface area contributed by atoms with Crippen molar-refractivity contribution in [3.63, 3.8) is 0 Å². The number of nitrogen functional groups attached to an aromatic ring is 1. The number of nitro benzene ring substituents is 2. The molecule has 0 aliphatic heterocycles. The van der Waals surface area contributed by atoms with E-state index in [4.69, 9.17) is 17.3 Å². The average molecular weight is 914 g/mol. The molecule has 0 bridgehead atoms. The van der Waals surface area contributed by atoms with Crippen molar-refractivity contribution in [1.82, 2.24) is 15.0 Å². The van der Waals surface area contributed by atoms with Gasteiger partial charge in [0, 0.05) is 44.1 Å². The number of aromatic nitrogens is 3. The third kappa shape index (κ3) is 14.6. The molecule has 4 aromatic carbocycles. The summed E-state index contributed by atoms with van der Waals surface area (Å²) in [5, 5.41) is 23.7. The molecule has 0 radical (unpaired) electrons. The fraction of sp³-hybridized carbons (Fsp3) is 0.162. The van der Waals surface area contributed by atoms with Crippen molar-refractivity contribution >= 4 is 99.0 Å². The maximum absolute atomic E-state index is 12.8. The molecule has 2 heterocycles. The highest BCUT2D eigenvalue weighted by Gasteiger charge is 2.33. The number of nitrogens with zero attached hydrogens (tertiary/aromatic N) is 4. The molecule has 1 amide bonds. The molecule has 6 rings (SSSR count). The van der Waals surface area contributed by atoms with Crippen LogP contribution in [0.5, 0.6) is 0 Å². The molecule has 59 heavy (non-hydrogen) atoms. The number of anilines is 2. The van der Waals surface area contributed by atoms with Crippen LogP contribution in [0.15, 0.2) is 106 Å². The summed E-state index contributed by atoms with van der Waals surface area (Å²) in [6.07, 6.45) is 1.23. The quantitative estimate of drug-likeness (QED) is 0.0484. The van der Waals surface area contributed by atoms with Gasteiger partial charge in [0.25, 0.3) is 17.3 Å². The van der Waals surface area contributed by atoms with Crippen LogP contribution in [0.2, 0.25) is 5.02 Å². The van der Waals surface area contributed by atoms with Crippen molar-refractivity contribution in [2.45, 2.75) is 27.8 Å². The minimum Gasteiger partial charge on any atom is -0.393 e.